The Balaban J connectivity index is 0.000000249. The van der Waals surface area contributed by atoms with Crippen LogP contribution in [0, 0.1) is 0 Å². The fraction of sp³-hybridized carbons (Fsp3) is 0.364. The van der Waals surface area contributed by atoms with Crippen LogP contribution >= 0.6 is 9.24 Å². The zero-order valence-corrected chi connectivity index (χ0v) is 10.8. The van der Waals surface area contributed by atoms with Gasteiger partial charge in [0.1, 0.15) is 11.0 Å². The third-order valence-electron chi connectivity index (χ3n) is 2.14. The summed E-state index contributed by atoms with van der Waals surface area (Å²) in [6.07, 6.45) is 3.94. The number of carbonyl (C=O) groups is 1. The van der Waals surface area contributed by atoms with E-state index in [0.717, 1.165) is 0 Å². The molecule has 2 rings (SSSR count). The summed E-state index contributed by atoms with van der Waals surface area (Å²) in [6, 6.07) is 4.83. The molecule has 2 N–H and O–H groups in total. The monoisotopic (exact) mass is 253 g/mol. The van der Waals surface area contributed by atoms with E-state index in [1.54, 1.807) is 12.1 Å². The summed E-state index contributed by atoms with van der Waals surface area (Å²) < 4.78 is 0. The van der Waals surface area contributed by atoms with Crippen molar-refractivity contribution in [2.45, 2.75) is 19.8 Å². The average molecular weight is 253 g/mol. The molecule has 1 aromatic carbocycles. The highest BCUT2D eigenvalue weighted by Crippen LogP contribution is 2.12. The van der Waals surface area contributed by atoms with Crippen LogP contribution in [0.4, 0.5) is 0 Å². The molecule has 0 aliphatic carbocycles. The Kier molecular flexibility index (Phi) is 5.57. The molecule has 2 aromatic rings. The van der Waals surface area contributed by atoms with Gasteiger partial charge in [-0.15, -0.1) is 9.24 Å². The third-order valence-corrected chi connectivity index (χ3v) is 2.54. The zero-order chi connectivity index (χ0) is 12.7. The number of rotatable bonds is 3. The molecule has 17 heavy (non-hydrogen) atoms. The summed E-state index contributed by atoms with van der Waals surface area (Å²) in [5.74, 6) is -0.991. The van der Waals surface area contributed by atoms with E-state index in [4.69, 9.17) is 5.11 Å². The summed E-state index contributed by atoms with van der Waals surface area (Å²) in [7, 11) is 2.70. The number of carboxylic acids is 1. The first kappa shape index (κ1) is 13.6. The maximum Gasteiger partial charge on any atom is 0.338 e. The first-order valence-electron chi connectivity index (χ1n) is 5.43. The standard InChI is InChI=1S/C7H5N3O2.C4H11P/c11-7(12)4-2-1-3-5-6(4)9-10-8-5;1-2-3-4-5/h1-3H,(H,11,12)(H,8,9,10);2-5H2,1H3. The lowest BCUT2D eigenvalue weighted by Crippen LogP contribution is -1.96. The maximum atomic E-state index is 10.6. The number of aromatic nitrogens is 3. The molecule has 0 radical (unpaired) electrons. The van der Waals surface area contributed by atoms with Crippen molar-refractivity contribution >= 4 is 26.2 Å². The second-order valence-electron chi connectivity index (χ2n) is 3.44. The summed E-state index contributed by atoms with van der Waals surface area (Å²) in [4.78, 5) is 10.6. The molecule has 1 atom stereocenters. The Hall–Kier alpha value is -1.48. The third kappa shape index (κ3) is 3.79. The van der Waals surface area contributed by atoms with E-state index < -0.39 is 5.97 Å². The molecule has 0 aliphatic heterocycles. The van der Waals surface area contributed by atoms with Gasteiger partial charge in [0.05, 0.1) is 5.56 Å². The van der Waals surface area contributed by atoms with Gasteiger partial charge in [-0.1, -0.05) is 25.8 Å². The van der Waals surface area contributed by atoms with E-state index in [0.29, 0.717) is 11.0 Å². The highest BCUT2D eigenvalue weighted by molar-refractivity contribution is 7.16. The second-order valence-corrected chi connectivity index (χ2v) is 4.02. The molecule has 0 fully saturated rings. The van der Waals surface area contributed by atoms with Gasteiger partial charge in [-0.25, -0.2) is 4.79 Å². The highest BCUT2D eigenvalue weighted by Gasteiger charge is 2.09. The summed E-state index contributed by atoms with van der Waals surface area (Å²) in [6.45, 7) is 2.20. The van der Waals surface area contributed by atoms with Crippen LogP contribution in [-0.2, 0) is 0 Å². The molecule has 0 aliphatic rings. The van der Waals surface area contributed by atoms with Crippen LogP contribution in [-0.4, -0.2) is 32.6 Å². The van der Waals surface area contributed by atoms with Crippen molar-refractivity contribution in [3.63, 3.8) is 0 Å². The van der Waals surface area contributed by atoms with Crippen molar-refractivity contribution in [1.82, 2.24) is 15.4 Å². The molecule has 0 spiro atoms. The van der Waals surface area contributed by atoms with Gasteiger partial charge in [0, 0.05) is 0 Å². The SMILES string of the molecule is CCCCP.O=C(O)c1cccc2n[nH]nc12. The van der Waals surface area contributed by atoms with Crippen molar-refractivity contribution in [2.24, 2.45) is 0 Å². The summed E-state index contributed by atoms with van der Waals surface area (Å²) in [5.41, 5.74) is 1.13. The van der Waals surface area contributed by atoms with E-state index in [1.807, 2.05) is 0 Å². The average Bonchev–Trinajstić information content (AvgIpc) is 2.78. The predicted molar refractivity (Wildman–Crippen MR) is 70.3 cm³/mol. The number of benzene rings is 1. The molecule has 5 nitrogen and oxygen atoms in total. The molecule has 1 aromatic heterocycles. The minimum Gasteiger partial charge on any atom is -0.478 e. The van der Waals surface area contributed by atoms with Crippen molar-refractivity contribution in [1.29, 1.82) is 0 Å². The number of aromatic amines is 1. The molecule has 0 bridgehead atoms. The number of hydrogen-bond donors (Lipinski definition) is 2. The van der Waals surface area contributed by atoms with Crippen LogP contribution in [0.3, 0.4) is 0 Å². The number of H-pyrrole nitrogens is 1. The van der Waals surface area contributed by atoms with Crippen LogP contribution in [0.5, 0.6) is 0 Å². The van der Waals surface area contributed by atoms with Gasteiger partial charge in [-0.05, 0) is 18.3 Å². The van der Waals surface area contributed by atoms with Gasteiger partial charge in [-0.3, -0.25) is 0 Å². The van der Waals surface area contributed by atoms with Crippen LogP contribution in [0.2, 0.25) is 0 Å². The Morgan fingerprint density at radius 3 is 2.76 bits per heavy atom. The maximum absolute atomic E-state index is 10.6. The fourth-order valence-electron chi connectivity index (χ4n) is 1.24. The van der Waals surface area contributed by atoms with Gasteiger partial charge in [-0.2, -0.15) is 15.4 Å². The number of aromatic carboxylic acids is 1. The quantitative estimate of drug-likeness (QED) is 0.823. The van der Waals surface area contributed by atoms with E-state index in [1.165, 1.54) is 25.1 Å². The minimum atomic E-state index is -0.991. The van der Waals surface area contributed by atoms with Gasteiger partial charge in [0.15, 0.2) is 0 Å². The van der Waals surface area contributed by atoms with Crippen molar-refractivity contribution in [3.05, 3.63) is 23.8 Å². The molecule has 1 heterocycles. The Bertz CT molecular complexity index is 482. The van der Waals surface area contributed by atoms with Crippen LogP contribution < -0.4 is 0 Å². The molecule has 92 valence electrons. The van der Waals surface area contributed by atoms with Crippen LogP contribution in [0.1, 0.15) is 30.1 Å². The lowest BCUT2D eigenvalue weighted by atomic mass is 10.2. The lowest BCUT2D eigenvalue weighted by Gasteiger charge is -1.91. The molecule has 6 heteroatoms. The number of nitrogens with one attached hydrogen (secondary N) is 1. The number of fused-ring (bicyclic) bond motifs is 1. The van der Waals surface area contributed by atoms with Gasteiger partial charge >= 0.3 is 5.97 Å². The van der Waals surface area contributed by atoms with E-state index in [9.17, 15) is 4.79 Å². The van der Waals surface area contributed by atoms with Crippen molar-refractivity contribution in [3.8, 4) is 0 Å². The Morgan fingerprint density at radius 2 is 2.24 bits per heavy atom. The molecule has 1 unspecified atom stereocenters. The smallest absolute Gasteiger partial charge is 0.338 e. The number of nitrogens with zero attached hydrogens (tertiary/aromatic N) is 2. The van der Waals surface area contributed by atoms with E-state index in [-0.39, 0.29) is 5.56 Å². The number of carboxylic acid groups (broad SMARTS) is 1. The summed E-state index contributed by atoms with van der Waals surface area (Å²) >= 11 is 0. The molecule has 0 saturated heterocycles. The first-order chi connectivity index (χ1) is 8.20. The predicted octanol–water partition coefficient (Wildman–Crippen LogP) is 2.32. The number of para-hydroxylation sites is 1. The molecule has 0 amide bonds. The zero-order valence-electron chi connectivity index (χ0n) is 9.68. The molecule has 0 saturated carbocycles. The van der Waals surface area contributed by atoms with Crippen LogP contribution in [0.15, 0.2) is 18.2 Å². The van der Waals surface area contributed by atoms with E-state index >= 15 is 0 Å². The van der Waals surface area contributed by atoms with Crippen molar-refractivity contribution in [2.75, 3.05) is 6.16 Å². The second kappa shape index (κ2) is 6.97. The van der Waals surface area contributed by atoms with Crippen LogP contribution in [0.25, 0.3) is 11.0 Å². The van der Waals surface area contributed by atoms with Gasteiger partial charge < -0.3 is 5.11 Å². The topological polar surface area (TPSA) is 78.9 Å². The van der Waals surface area contributed by atoms with Gasteiger partial charge in [0.2, 0.25) is 0 Å². The Labute approximate surface area is 102 Å². The van der Waals surface area contributed by atoms with Gasteiger partial charge in [0.25, 0.3) is 0 Å². The fourth-order valence-corrected chi connectivity index (χ4v) is 1.65. The number of unbranched alkanes of at least 4 members (excludes halogenated alkanes) is 1. The van der Waals surface area contributed by atoms with E-state index in [2.05, 4.69) is 31.6 Å². The molecular formula is C11H16N3O2P. The first-order valence-corrected chi connectivity index (χ1v) is 6.25. The lowest BCUT2D eigenvalue weighted by molar-refractivity contribution is 0.0699. The minimum absolute atomic E-state index is 0.168. The Morgan fingerprint density at radius 1 is 1.47 bits per heavy atom. The normalized spacial score (nSPS) is 9.76. The largest absolute Gasteiger partial charge is 0.478 e. The molecular weight excluding hydrogens is 237 g/mol. The summed E-state index contributed by atoms with van der Waals surface area (Å²) in [5, 5.41) is 18.6. The van der Waals surface area contributed by atoms with Crippen molar-refractivity contribution < 1.29 is 9.90 Å². The highest BCUT2D eigenvalue weighted by atomic mass is 31.0. The number of hydrogen-bond acceptors (Lipinski definition) is 3.